The summed E-state index contributed by atoms with van der Waals surface area (Å²) < 4.78 is 13.6. The molecule has 5 heteroatoms. The molecule has 3 N–H and O–H groups in total. The van der Waals surface area contributed by atoms with Gasteiger partial charge in [0.15, 0.2) is 5.79 Å². The van der Waals surface area contributed by atoms with Crippen LogP contribution in [-0.2, 0) is 9.47 Å². The molecule has 0 radical (unpaired) electrons. The number of hydrogen-bond donors (Lipinski definition) is 3. The molecule has 5 saturated carbocycles. The van der Waals surface area contributed by atoms with Crippen LogP contribution in [0.15, 0.2) is 0 Å². The lowest BCUT2D eigenvalue weighted by atomic mass is 9.41. The first-order valence-electron chi connectivity index (χ1n) is 14.6. The predicted octanol–water partition coefficient (Wildman–Crippen LogP) is 4.66. The Labute approximate surface area is 211 Å². The SMILES string of the molecule is C[C@@H]1C[C@H]2O[C@]3(O[C@H]2C(C)(C)O)[C@H](O)[C@@]2(C)[C@@H]4CC[C@@H]5C(C)(C)[C@@H](O)CC[C@]56C[C@@]46CC[C@]2(C)[C@@H]13. The van der Waals surface area contributed by atoms with Crippen LogP contribution in [-0.4, -0.2) is 51.1 Å². The van der Waals surface area contributed by atoms with E-state index in [-0.39, 0.29) is 39.8 Å². The van der Waals surface area contributed by atoms with Crippen LogP contribution in [0.2, 0.25) is 0 Å². The largest absolute Gasteiger partial charge is 0.393 e. The molecule has 0 unspecified atom stereocenters. The summed E-state index contributed by atoms with van der Waals surface area (Å²) in [4.78, 5) is 0. The van der Waals surface area contributed by atoms with Gasteiger partial charge in [-0.25, -0.2) is 0 Å². The third kappa shape index (κ3) is 2.30. The average molecular weight is 489 g/mol. The Morgan fingerprint density at radius 1 is 0.857 bits per heavy atom. The van der Waals surface area contributed by atoms with Crippen LogP contribution in [0.3, 0.4) is 0 Å². The molecular weight excluding hydrogens is 440 g/mol. The lowest BCUT2D eigenvalue weighted by molar-refractivity contribution is -0.282. The molecular formula is C30H48O5. The molecule has 2 saturated heterocycles. The van der Waals surface area contributed by atoms with Crippen LogP contribution < -0.4 is 0 Å². The van der Waals surface area contributed by atoms with E-state index in [1.54, 1.807) is 0 Å². The third-order valence-electron chi connectivity index (χ3n) is 14.2. The second-order valence-electron chi connectivity index (χ2n) is 15.9. The van der Waals surface area contributed by atoms with Crippen molar-refractivity contribution in [3.63, 3.8) is 0 Å². The van der Waals surface area contributed by atoms with Crippen molar-refractivity contribution in [1.29, 1.82) is 0 Å². The lowest BCUT2D eigenvalue weighted by Gasteiger charge is -2.63. The number of fused-ring (bicyclic) bond motifs is 4. The predicted molar refractivity (Wildman–Crippen MR) is 132 cm³/mol. The van der Waals surface area contributed by atoms with Crippen molar-refractivity contribution >= 4 is 0 Å². The van der Waals surface area contributed by atoms with Crippen molar-refractivity contribution in [2.75, 3.05) is 0 Å². The van der Waals surface area contributed by atoms with Gasteiger partial charge in [-0.2, -0.15) is 0 Å². The zero-order valence-electron chi connectivity index (χ0n) is 22.9. The van der Waals surface area contributed by atoms with E-state index in [2.05, 4.69) is 34.6 Å². The van der Waals surface area contributed by atoms with Gasteiger partial charge in [-0.3, -0.25) is 0 Å². The van der Waals surface area contributed by atoms with Gasteiger partial charge >= 0.3 is 0 Å². The molecule has 7 fully saturated rings. The van der Waals surface area contributed by atoms with Crippen LogP contribution in [0.5, 0.6) is 0 Å². The second-order valence-corrected chi connectivity index (χ2v) is 15.9. The zero-order chi connectivity index (χ0) is 25.2. The van der Waals surface area contributed by atoms with Crippen LogP contribution in [0.1, 0.15) is 99.8 Å². The molecule has 2 bridgehead atoms. The van der Waals surface area contributed by atoms with Crippen LogP contribution in [0, 0.1) is 50.7 Å². The number of rotatable bonds is 1. The standard InChI is InChI=1S/C30H48O5/c1-16-14-17-22(25(4,5)33)35-30(34-17)21(16)26(6)12-13-29-15-28(29)11-10-20(31)24(2,3)18(28)8-9-19(29)27(26,7)23(30)32/h16-23,31-33H,8-15H2,1-7H3/t16-,17-,18-,19+,20+,21-,22-,23-,26-,27-,28+,29+,30-/m1/s1. The van der Waals surface area contributed by atoms with Crippen molar-refractivity contribution in [2.45, 2.75) is 136 Å². The first kappa shape index (κ1) is 23.9. The normalized spacial score (nSPS) is 63.9. The fourth-order valence-electron chi connectivity index (χ4n) is 12.7. The molecule has 3 spiro atoms. The van der Waals surface area contributed by atoms with Crippen molar-refractivity contribution < 1.29 is 24.8 Å². The highest BCUT2D eigenvalue weighted by Gasteiger charge is 2.88. The van der Waals surface area contributed by atoms with Crippen LogP contribution in [0.25, 0.3) is 0 Å². The summed E-state index contributed by atoms with van der Waals surface area (Å²) in [5, 5.41) is 34.4. The summed E-state index contributed by atoms with van der Waals surface area (Å²) in [6, 6.07) is 0. The fraction of sp³-hybridized carbons (Fsp3) is 1.00. The minimum absolute atomic E-state index is 0.0331. The Kier molecular flexibility index (Phi) is 4.32. The van der Waals surface area contributed by atoms with Gasteiger partial charge in [-0.1, -0.05) is 34.6 Å². The zero-order valence-corrected chi connectivity index (χ0v) is 22.9. The monoisotopic (exact) mass is 488 g/mol. The maximum atomic E-state index is 12.5. The molecule has 5 nitrogen and oxygen atoms in total. The van der Waals surface area contributed by atoms with Gasteiger partial charge in [0.2, 0.25) is 0 Å². The van der Waals surface area contributed by atoms with E-state index in [1.807, 2.05) is 13.8 Å². The van der Waals surface area contributed by atoms with Gasteiger partial charge in [0.1, 0.15) is 12.2 Å². The maximum absolute atomic E-state index is 12.5. The summed E-state index contributed by atoms with van der Waals surface area (Å²) in [7, 11) is 0. The molecule has 13 atom stereocenters. The molecule has 0 aromatic heterocycles. The van der Waals surface area contributed by atoms with Crippen LogP contribution in [0.4, 0.5) is 0 Å². The lowest BCUT2D eigenvalue weighted by Crippen LogP contribution is -2.60. The van der Waals surface area contributed by atoms with E-state index in [1.165, 1.54) is 12.8 Å². The van der Waals surface area contributed by atoms with Gasteiger partial charge in [-0.15, -0.1) is 0 Å². The Hall–Kier alpha value is -0.200. The highest BCUT2D eigenvalue weighted by molar-refractivity contribution is 5.34. The maximum Gasteiger partial charge on any atom is 0.199 e. The van der Waals surface area contributed by atoms with Crippen molar-refractivity contribution in [2.24, 2.45) is 50.7 Å². The first-order chi connectivity index (χ1) is 16.1. The summed E-state index contributed by atoms with van der Waals surface area (Å²) in [5.74, 6) is 0.523. The minimum Gasteiger partial charge on any atom is -0.393 e. The van der Waals surface area contributed by atoms with Gasteiger partial charge in [0.05, 0.1) is 17.8 Å². The van der Waals surface area contributed by atoms with Gasteiger partial charge in [0, 0.05) is 11.3 Å². The molecule has 35 heavy (non-hydrogen) atoms. The second kappa shape index (κ2) is 6.33. The van der Waals surface area contributed by atoms with E-state index in [4.69, 9.17) is 9.47 Å². The van der Waals surface area contributed by atoms with Crippen LogP contribution >= 0.6 is 0 Å². The van der Waals surface area contributed by atoms with E-state index in [0.717, 1.165) is 38.5 Å². The molecule has 0 aromatic carbocycles. The summed E-state index contributed by atoms with van der Waals surface area (Å²) in [6.07, 6.45) is 7.36. The van der Waals surface area contributed by atoms with E-state index in [9.17, 15) is 15.3 Å². The Bertz CT molecular complexity index is 957. The van der Waals surface area contributed by atoms with E-state index in [0.29, 0.717) is 23.2 Å². The fourth-order valence-corrected chi connectivity index (χ4v) is 12.7. The Morgan fingerprint density at radius 2 is 1.51 bits per heavy atom. The highest BCUT2D eigenvalue weighted by Crippen LogP contribution is 2.90. The summed E-state index contributed by atoms with van der Waals surface area (Å²) in [5.41, 5.74) is -0.788. The van der Waals surface area contributed by atoms with Gasteiger partial charge in [0.25, 0.3) is 0 Å². The first-order valence-corrected chi connectivity index (χ1v) is 14.6. The molecule has 198 valence electrons. The number of aliphatic hydroxyl groups excluding tert-OH is 2. The molecule has 0 aromatic rings. The topological polar surface area (TPSA) is 79.2 Å². The van der Waals surface area contributed by atoms with Crippen molar-refractivity contribution in [3.8, 4) is 0 Å². The summed E-state index contributed by atoms with van der Waals surface area (Å²) >= 11 is 0. The van der Waals surface area contributed by atoms with Crippen molar-refractivity contribution in [3.05, 3.63) is 0 Å². The smallest absolute Gasteiger partial charge is 0.199 e. The number of hydrogen-bond acceptors (Lipinski definition) is 5. The molecule has 0 amide bonds. The van der Waals surface area contributed by atoms with E-state index < -0.39 is 23.6 Å². The highest BCUT2D eigenvalue weighted by atomic mass is 16.8. The quantitative estimate of drug-likeness (QED) is 0.500. The van der Waals surface area contributed by atoms with Gasteiger partial charge in [-0.05, 0) is 105 Å². The number of aliphatic hydroxyl groups is 3. The third-order valence-corrected chi connectivity index (χ3v) is 14.2. The van der Waals surface area contributed by atoms with Gasteiger partial charge < -0.3 is 24.8 Å². The molecule has 2 heterocycles. The Balaban J connectivity index is 1.33. The summed E-state index contributed by atoms with van der Waals surface area (Å²) in [6.45, 7) is 15.4. The van der Waals surface area contributed by atoms with E-state index >= 15 is 0 Å². The molecule has 5 aliphatic carbocycles. The molecule has 7 rings (SSSR count). The Morgan fingerprint density at radius 3 is 2.20 bits per heavy atom. The molecule has 7 aliphatic rings. The number of ether oxygens (including phenoxy) is 2. The average Bonchev–Trinajstić information content (AvgIpc) is 3.28. The molecule has 2 aliphatic heterocycles. The minimum atomic E-state index is -1.01. The van der Waals surface area contributed by atoms with Crippen molar-refractivity contribution in [1.82, 2.24) is 0 Å².